The highest BCUT2D eigenvalue weighted by Crippen LogP contribution is 2.37. The number of nitrogens with one attached hydrogen (secondary N) is 2. The molecule has 1 amide bonds. The van der Waals surface area contributed by atoms with Gasteiger partial charge in [0.05, 0.1) is 27.4 Å². The summed E-state index contributed by atoms with van der Waals surface area (Å²) >= 11 is 5.56. The van der Waals surface area contributed by atoms with Crippen LogP contribution in [0.15, 0.2) is 66.1 Å². The van der Waals surface area contributed by atoms with Crippen LogP contribution < -0.4 is 14.8 Å². The quantitative estimate of drug-likeness (QED) is 0.309. The van der Waals surface area contributed by atoms with Gasteiger partial charge in [-0.3, -0.25) is 9.52 Å². The summed E-state index contributed by atoms with van der Waals surface area (Å²) in [4.78, 5) is 18.5. The van der Waals surface area contributed by atoms with E-state index in [2.05, 4.69) is 26.6 Å². The fourth-order valence-electron chi connectivity index (χ4n) is 2.62. The molecule has 2 aromatic heterocycles. The maximum atomic E-state index is 13.2. The van der Waals surface area contributed by atoms with Crippen LogP contribution >= 0.6 is 11.6 Å². The lowest BCUT2D eigenvalue weighted by molar-refractivity contribution is -0.137. The van der Waals surface area contributed by atoms with Gasteiger partial charge in [-0.25, -0.2) is 22.8 Å². The number of ether oxygens (including phenoxy) is 1. The van der Waals surface area contributed by atoms with Crippen LogP contribution in [0.5, 0.6) is 11.8 Å². The predicted molar refractivity (Wildman–Crippen MR) is 119 cm³/mol. The van der Waals surface area contributed by atoms with Crippen LogP contribution in [-0.4, -0.2) is 24.3 Å². The molecule has 35 heavy (non-hydrogen) atoms. The van der Waals surface area contributed by atoms with Crippen molar-refractivity contribution in [1.82, 2.24) is 9.97 Å². The number of pyridine rings is 2. The van der Waals surface area contributed by atoms with Gasteiger partial charge in [0.15, 0.2) is 5.83 Å². The molecule has 0 bridgehead atoms. The fourth-order valence-corrected chi connectivity index (χ4v) is 3.91. The molecule has 184 valence electrons. The van der Waals surface area contributed by atoms with Crippen molar-refractivity contribution in [2.24, 2.45) is 0 Å². The number of anilines is 2. The number of amides is 1. The Bertz CT molecular complexity index is 1400. The summed E-state index contributed by atoms with van der Waals surface area (Å²) in [5, 5.41) is 1.54. The number of rotatable bonds is 7. The number of benzene rings is 1. The van der Waals surface area contributed by atoms with Crippen LogP contribution in [0.2, 0.25) is 5.02 Å². The Balaban J connectivity index is 1.88. The van der Waals surface area contributed by atoms with Gasteiger partial charge < -0.3 is 10.1 Å². The first kappa shape index (κ1) is 25.9. The Morgan fingerprint density at radius 3 is 2.43 bits per heavy atom. The number of aromatic nitrogens is 2. The van der Waals surface area contributed by atoms with Crippen LogP contribution in [0.4, 0.5) is 28.9 Å². The van der Waals surface area contributed by atoms with E-state index in [0.717, 1.165) is 18.3 Å². The number of halogens is 5. The maximum absolute atomic E-state index is 13.2. The molecule has 0 saturated carbocycles. The van der Waals surface area contributed by atoms with Crippen molar-refractivity contribution >= 4 is 38.9 Å². The Morgan fingerprint density at radius 1 is 1.11 bits per heavy atom. The molecule has 2 heterocycles. The number of nitrogens with zero attached hydrogens (tertiary/aromatic N) is 2. The van der Waals surface area contributed by atoms with Crippen molar-refractivity contribution in [3.8, 4) is 11.8 Å². The second-order valence-electron chi connectivity index (χ2n) is 6.96. The van der Waals surface area contributed by atoms with E-state index in [1.807, 2.05) is 0 Å². The molecule has 8 nitrogen and oxygen atoms in total. The smallest absolute Gasteiger partial charge is 0.417 e. The van der Waals surface area contributed by atoms with Crippen molar-refractivity contribution in [2.45, 2.75) is 18.0 Å². The molecule has 0 aliphatic heterocycles. The molecule has 14 heteroatoms. The Hall–Kier alpha value is -3.71. The van der Waals surface area contributed by atoms with E-state index in [9.17, 15) is 30.8 Å². The number of alkyl halides is 3. The van der Waals surface area contributed by atoms with Gasteiger partial charge in [0.1, 0.15) is 5.69 Å². The van der Waals surface area contributed by atoms with E-state index < -0.39 is 43.4 Å². The monoisotopic (exact) mass is 530 g/mol. The van der Waals surface area contributed by atoms with Crippen LogP contribution in [0.25, 0.3) is 0 Å². The Kier molecular flexibility index (Phi) is 7.31. The minimum absolute atomic E-state index is 0.0790. The molecule has 0 saturated heterocycles. The average Bonchev–Trinajstić information content (AvgIpc) is 2.76. The summed E-state index contributed by atoms with van der Waals surface area (Å²) < 4.78 is 85.5. The molecule has 0 unspecified atom stereocenters. The second kappa shape index (κ2) is 9.88. The Morgan fingerprint density at radius 2 is 1.83 bits per heavy atom. The molecule has 0 atom stereocenters. The molecule has 0 aliphatic carbocycles. The van der Waals surface area contributed by atoms with Crippen LogP contribution in [0.1, 0.15) is 11.1 Å². The zero-order chi connectivity index (χ0) is 26.0. The normalized spacial score (nSPS) is 11.6. The summed E-state index contributed by atoms with van der Waals surface area (Å²) in [5.41, 5.74) is -0.850. The van der Waals surface area contributed by atoms with Gasteiger partial charge >= 0.3 is 6.18 Å². The molecule has 2 N–H and O–H groups in total. The van der Waals surface area contributed by atoms with Crippen molar-refractivity contribution in [3.05, 3.63) is 77.3 Å². The van der Waals surface area contributed by atoms with E-state index in [4.69, 9.17) is 16.3 Å². The number of aryl methyl sites for hydroxylation is 1. The molecule has 3 aromatic rings. The number of hydrogen-bond acceptors (Lipinski definition) is 6. The van der Waals surface area contributed by atoms with E-state index in [1.165, 1.54) is 24.4 Å². The highest BCUT2D eigenvalue weighted by Gasteiger charge is 2.34. The molecular weight excluding hydrogens is 516 g/mol. The number of carbonyl (C=O) groups is 1. The van der Waals surface area contributed by atoms with Gasteiger partial charge in [-0.15, -0.1) is 0 Å². The van der Waals surface area contributed by atoms with Crippen LogP contribution in [0, 0.1) is 6.92 Å². The first-order valence-electron chi connectivity index (χ1n) is 9.42. The average molecular weight is 531 g/mol. The fraction of sp³-hybridized carbons (Fsp3) is 0.0952. The summed E-state index contributed by atoms with van der Waals surface area (Å²) in [6.07, 6.45) is -2.37. The highest BCUT2D eigenvalue weighted by atomic mass is 35.5. The van der Waals surface area contributed by atoms with Gasteiger partial charge in [-0.2, -0.15) is 13.2 Å². The summed E-state index contributed by atoms with van der Waals surface area (Å²) in [6, 6.07) is 6.12. The largest absolute Gasteiger partial charge is 0.418 e. The van der Waals surface area contributed by atoms with Crippen molar-refractivity contribution in [1.29, 1.82) is 0 Å². The molecule has 0 aliphatic rings. The third kappa shape index (κ3) is 6.45. The molecule has 0 radical (unpaired) electrons. The van der Waals surface area contributed by atoms with Crippen molar-refractivity contribution < 1.29 is 35.5 Å². The first-order chi connectivity index (χ1) is 16.3. The van der Waals surface area contributed by atoms with Crippen LogP contribution in [-0.2, 0) is 21.0 Å². The molecule has 0 fully saturated rings. The van der Waals surface area contributed by atoms with E-state index in [0.29, 0.717) is 11.6 Å². The van der Waals surface area contributed by atoms with E-state index in [1.54, 1.807) is 6.92 Å². The lowest BCUT2D eigenvalue weighted by atomic mass is 10.2. The maximum Gasteiger partial charge on any atom is 0.417 e. The van der Waals surface area contributed by atoms with Gasteiger partial charge in [-0.05, 0) is 42.8 Å². The number of sulfonamides is 1. The topological polar surface area (TPSA) is 110 Å². The van der Waals surface area contributed by atoms with E-state index in [-0.39, 0.29) is 23.1 Å². The van der Waals surface area contributed by atoms with Gasteiger partial charge in [-0.1, -0.05) is 18.2 Å². The van der Waals surface area contributed by atoms with E-state index >= 15 is 0 Å². The summed E-state index contributed by atoms with van der Waals surface area (Å²) in [5.74, 6) is -2.60. The third-order valence-electron chi connectivity index (χ3n) is 4.23. The van der Waals surface area contributed by atoms with Crippen LogP contribution in [0.3, 0.4) is 0 Å². The molecule has 3 rings (SSSR count). The number of carbonyl (C=O) groups excluding carboxylic acids is 1. The standard InChI is InChI=1S/C21H15ClF4N4O4S/c1-11-7-17(30-35(32,33)14-4-5-16(22)15(8-14)21(24,25)26)20(28-9-11)34-18-6-3-13(10-27-18)29-19(31)12(2)23/h3-10,30H,2H2,1H3,(H,29,31). The summed E-state index contributed by atoms with van der Waals surface area (Å²) in [6.45, 7) is 4.47. The van der Waals surface area contributed by atoms with Gasteiger partial charge in [0, 0.05) is 12.3 Å². The zero-order valence-corrected chi connectivity index (χ0v) is 19.2. The Labute approximate surface area is 201 Å². The lowest BCUT2D eigenvalue weighted by Gasteiger charge is -2.15. The minimum atomic E-state index is -4.86. The predicted octanol–water partition coefficient (Wildman–Crippen LogP) is 5.47. The van der Waals surface area contributed by atoms with Crippen molar-refractivity contribution in [3.63, 3.8) is 0 Å². The van der Waals surface area contributed by atoms with Gasteiger partial charge in [0.25, 0.3) is 15.9 Å². The third-order valence-corrected chi connectivity index (χ3v) is 5.92. The van der Waals surface area contributed by atoms with Crippen molar-refractivity contribution in [2.75, 3.05) is 10.0 Å². The first-order valence-corrected chi connectivity index (χ1v) is 11.3. The second-order valence-corrected chi connectivity index (χ2v) is 9.05. The minimum Gasteiger partial charge on any atom is -0.418 e. The summed E-state index contributed by atoms with van der Waals surface area (Å²) in [7, 11) is -4.51. The van der Waals surface area contributed by atoms with Gasteiger partial charge in [0.2, 0.25) is 11.8 Å². The molecule has 0 spiro atoms. The highest BCUT2D eigenvalue weighted by molar-refractivity contribution is 7.92. The zero-order valence-electron chi connectivity index (χ0n) is 17.7. The molecular formula is C21H15ClF4N4O4S. The SMILES string of the molecule is C=C(F)C(=O)Nc1ccc(Oc2ncc(C)cc2NS(=O)(=O)c2ccc(Cl)c(C(F)(F)F)c2)nc1. The number of hydrogen-bond donors (Lipinski definition) is 2. The lowest BCUT2D eigenvalue weighted by Crippen LogP contribution is -2.16. The molecule has 1 aromatic carbocycles.